The van der Waals surface area contributed by atoms with Gasteiger partial charge in [0, 0.05) is 25.0 Å². The Kier molecular flexibility index (Phi) is 4.81. The lowest BCUT2D eigenvalue weighted by molar-refractivity contribution is 0.100. The number of nitrogens with two attached hydrogens (primary N) is 1. The van der Waals surface area contributed by atoms with E-state index in [1.54, 1.807) is 0 Å². The van der Waals surface area contributed by atoms with Crippen LogP contribution in [0.15, 0.2) is 24.3 Å². The molecule has 1 fully saturated rings. The fraction of sp³-hybridized carbons (Fsp3) is 0.667. The monoisotopic (exact) mass is 288 g/mol. The van der Waals surface area contributed by atoms with Gasteiger partial charge in [-0.05, 0) is 43.4 Å². The fourth-order valence-electron chi connectivity index (χ4n) is 3.93. The summed E-state index contributed by atoms with van der Waals surface area (Å²) in [5.41, 5.74) is 7.43. The Hall–Kier alpha value is -1.06. The van der Waals surface area contributed by atoms with E-state index in [2.05, 4.69) is 36.1 Å². The van der Waals surface area contributed by atoms with Crippen LogP contribution in [0.2, 0.25) is 0 Å². The molecular formula is C18H28N2O. The van der Waals surface area contributed by atoms with Crippen LogP contribution in [0.5, 0.6) is 5.75 Å². The molecule has 0 aliphatic carbocycles. The molecule has 0 saturated carbocycles. The second-order valence-corrected chi connectivity index (χ2v) is 6.55. The molecule has 2 heterocycles. The summed E-state index contributed by atoms with van der Waals surface area (Å²) < 4.78 is 5.79. The average Bonchev–Trinajstić information content (AvgIpc) is 2.55. The van der Waals surface area contributed by atoms with E-state index in [0.29, 0.717) is 12.0 Å². The van der Waals surface area contributed by atoms with Gasteiger partial charge in [-0.2, -0.15) is 0 Å². The molecule has 3 atom stereocenters. The summed E-state index contributed by atoms with van der Waals surface area (Å²) >= 11 is 0. The number of nitrogens with zero attached hydrogens (tertiary/aromatic N) is 1. The van der Waals surface area contributed by atoms with Crippen LogP contribution >= 0.6 is 0 Å². The highest BCUT2D eigenvalue weighted by atomic mass is 16.5. The lowest BCUT2D eigenvalue weighted by Gasteiger charge is -2.41. The van der Waals surface area contributed by atoms with Gasteiger partial charge >= 0.3 is 0 Å². The van der Waals surface area contributed by atoms with Gasteiger partial charge in [-0.3, -0.25) is 4.90 Å². The van der Waals surface area contributed by atoms with Gasteiger partial charge in [-0.1, -0.05) is 31.5 Å². The van der Waals surface area contributed by atoms with Gasteiger partial charge in [0.05, 0.1) is 6.61 Å². The molecule has 1 aromatic rings. The Morgan fingerprint density at radius 2 is 2.14 bits per heavy atom. The third kappa shape index (κ3) is 3.24. The van der Waals surface area contributed by atoms with Crippen LogP contribution in [-0.2, 0) is 0 Å². The standard InChI is InChI=1S/C18H28N2O/c1-2-14-7-9-20(16(11-14)12-19)13-15-8-10-21-18-6-4-3-5-17(15)18/h3-6,14-16H,2,7-13,19H2,1H3. The number of rotatable bonds is 4. The summed E-state index contributed by atoms with van der Waals surface area (Å²) in [5.74, 6) is 2.56. The van der Waals surface area contributed by atoms with Crippen molar-refractivity contribution in [2.75, 3.05) is 26.2 Å². The number of hydrogen-bond acceptors (Lipinski definition) is 3. The van der Waals surface area contributed by atoms with Gasteiger partial charge in [0.2, 0.25) is 0 Å². The van der Waals surface area contributed by atoms with Crippen LogP contribution in [0, 0.1) is 5.92 Å². The van der Waals surface area contributed by atoms with Gasteiger partial charge in [-0.15, -0.1) is 0 Å². The second-order valence-electron chi connectivity index (χ2n) is 6.55. The summed E-state index contributed by atoms with van der Waals surface area (Å²) in [5, 5.41) is 0. The third-order valence-corrected chi connectivity index (χ3v) is 5.33. The lowest BCUT2D eigenvalue weighted by atomic mass is 9.86. The molecule has 0 radical (unpaired) electrons. The van der Waals surface area contributed by atoms with Crippen LogP contribution in [0.1, 0.15) is 44.1 Å². The van der Waals surface area contributed by atoms with Gasteiger partial charge in [-0.25, -0.2) is 0 Å². The summed E-state index contributed by atoms with van der Waals surface area (Å²) in [6, 6.07) is 9.10. The molecule has 3 heteroatoms. The zero-order valence-electron chi connectivity index (χ0n) is 13.1. The summed E-state index contributed by atoms with van der Waals surface area (Å²) in [6.07, 6.45) is 5.03. The fourth-order valence-corrected chi connectivity index (χ4v) is 3.93. The number of fused-ring (bicyclic) bond motifs is 1. The molecule has 0 spiro atoms. The molecule has 21 heavy (non-hydrogen) atoms. The van der Waals surface area contributed by atoms with E-state index >= 15 is 0 Å². The maximum absolute atomic E-state index is 6.04. The van der Waals surface area contributed by atoms with Gasteiger partial charge in [0.1, 0.15) is 5.75 Å². The van der Waals surface area contributed by atoms with E-state index < -0.39 is 0 Å². The molecule has 3 nitrogen and oxygen atoms in total. The number of hydrogen-bond donors (Lipinski definition) is 1. The smallest absolute Gasteiger partial charge is 0.122 e. The predicted molar refractivity (Wildman–Crippen MR) is 86.7 cm³/mol. The highest BCUT2D eigenvalue weighted by Crippen LogP contribution is 2.35. The van der Waals surface area contributed by atoms with Crippen molar-refractivity contribution in [1.29, 1.82) is 0 Å². The zero-order valence-corrected chi connectivity index (χ0v) is 13.1. The Balaban J connectivity index is 1.69. The highest BCUT2D eigenvalue weighted by molar-refractivity contribution is 5.38. The molecule has 116 valence electrons. The molecule has 1 aromatic carbocycles. The summed E-state index contributed by atoms with van der Waals surface area (Å²) in [4.78, 5) is 2.64. The Morgan fingerprint density at radius 1 is 1.29 bits per heavy atom. The minimum atomic E-state index is 0.568. The molecule has 3 rings (SSSR count). The molecular weight excluding hydrogens is 260 g/mol. The highest BCUT2D eigenvalue weighted by Gasteiger charge is 2.30. The molecule has 2 N–H and O–H groups in total. The minimum absolute atomic E-state index is 0.568. The van der Waals surface area contributed by atoms with Crippen LogP contribution in [0.3, 0.4) is 0 Å². The minimum Gasteiger partial charge on any atom is -0.493 e. The van der Waals surface area contributed by atoms with Crippen LogP contribution < -0.4 is 10.5 Å². The Bertz CT molecular complexity index is 462. The van der Waals surface area contributed by atoms with E-state index in [4.69, 9.17) is 10.5 Å². The van der Waals surface area contributed by atoms with E-state index in [9.17, 15) is 0 Å². The number of ether oxygens (including phenoxy) is 1. The second kappa shape index (κ2) is 6.80. The van der Waals surface area contributed by atoms with Crippen LogP contribution in [0.4, 0.5) is 0 Å². The zero-order chi connectivity index (χ0) is 14.7. The van der Waals surface area contributed by atoms with Crippen molar-refractivity contribution in [1.82, 2.24) is 4.90 Å². The first kappa shape index (κ1) is 14.9. The largest absolute Gasteiger partial charge is 0.493 e. The lowest BCUT2D eigenvalue weighted by Crippen LogP contribution is -2.48. The van der Waals surface area contributed by atoms with Gasteiger partial charge < -0.3 is 10.5 Å². The topological polar surface area (TPSA) is 38.5 Å². The SMILES string of the molecule is CCC1CCN(CC2CCOc3ccccc32)C(CN)C1. The van der Waals surface area contributed by atoms with E-state index in [-0.39, 0.29) is 0 Å². The summed E-state index contributed by atoms with van der Waals surface area (Å²) in [7, 11) is 0. The van der Waals surface area contributed by atoms with Gasteiger partial charge in [0.25, 0.3) is 0 Å². The number of likely N-dealkylation sites (tertiary alicyclic amines) is 1. The molecule has 0 bridgehead atoms. The van der Waals surface area contributed by atoms with Crippen molar-refractivity contribution in [3.05, 3.63) is 29.8 Å². The Labute approximate surface area is 128 Å². The maximum Gasteiger partial charge on any atom is 0.122 e. The molecule has 1 saturated heterocycles. The van der Waals surface area contributed by atoms with E-state index in [1.165, 1.54) is 31.4 Å². The Morgan fingerprint density at radius 3 is 2.95 bits per heavy atom. The molecule has 3 unspecified atom stereocenters. The normalized spacial score (nSPS) is 29.7. The first-order valence-corrected chi connectivity index (χ1v) is 8.47. The van der Waals surface area contributed by atoms with Crippen molar-refractivity contribution < 1.29 is 4.74 Å². The molecule has 2 aliphatic heterocycles. The maximum atomic E-state index is 6.04. The average molecular weight is 288 g/mol. The predicted octanol–water partition coefficient (Wildman–Crippen LogP) is 3.00. The van der Waals surface area contributed by atoms with Crippen molar-refractivity contribution in [2.24, 2.45) is 11.7 Å². The molecule has 0 aromatic heterocycles. The first-order chi connectivity index (χ1) is 10.3. The molecule has 2 aliphatic rings. The van der Waals surface area contributed by atoms with Crippen molar-refractivity contribution in [2.45, 2.75) is 44.6 Å². The van der Waals surface area contributed by atoms with Crippen molar-refractivity contribution in [3.8, 4) is 5.75 Å². The number of piperidine rings is 1. The van der Waals surface area contributed by atoms with E-state index in [1.807, 2.05) is 0 Å². The first-order valence-electron chi connectivity index (χ1n) is 8.47. The number of para-hydroxylation sites is 1. The number of benzene rings is 1. The van der Waals surface area contributed by atoms with E-state index in [0.717, 1.165) is 37.8 Å². The van der Waals surface area contributed by atoms with Crippen molar-refractivity contribution >= 4 is 0 Å². The summed E-state index contributed by atoms with van der Waals surface area (Å²) in [6.45, 7) is 6.29. The quantitative estimate of drug-likeness (QED) is 0.925. The molecule has 0 amide bonds. The van der Waals surface area contributed by atoms with Crippen LogP contribution in [0.25, 0.3) is 0 Å². The third-order valence-electron chi connectivity index (χ3n) is 5.33. The van der Waals surface area contributed by atoms with Crippen LogP contribution in [-0.4, -0.2) is 37.2 Å². The van der Waals surface area contributed by atoms with Crippen molar-refractivity contribution in [3.63, 3.8) is 0 Å². The van der Waals surface area contributed by atoms with Gasteiger partial charge in [0.15, 0.2) is 0 Å².